The number of para-hydroxylation sites is 2. The number of hydrogen-bond donors (Lipinski definition) is 1. The molecule has 0 atom stereocenters. The molecule has 0 aromatic heterocycles. The maximum absolute atomic E-state index is 12.6. The minimum atomic E-state index is -3.18. The molecule has 1 saturated heterocycles. The molecule has 2 aromatic rings. The highest BCUT2D eigenvalue weighted by Crippen LogP contribution is 2.27. The molecule has 3 rings (SSSR count). The van der Waals surface area contributed by atoms with E-state index in [-0.39, 0.29) is 5.91 Å². The van der Waals surface area contributed by atoms with Crippen LogP contribution in [0.1, 0.15) is 17.3 Å². The lowest BCUT2D eigenvalue weighted by Crippen LogP contribution is -2.48. The zero-order valence-electron chi connectivity index (χ0n) is 16.1. The Morgan fingerprint density at radius 1 is 1.04 bits per heavy atom. The van der Waals surface area contributed by atoms with Crippen LogP contribution >= 0.6 is 0 Å². The summed E-state index contributed by atoms with van der Waals surface area (Å²) in [5.41, 5.74) is 2.13. The van der Waals surface area contributed by atoms with Gasteiger partial charge < -0.3 is 15.0 Å². The lowest BCUT2D eigenvalue weighted by atomic mass is 10.1. The number of carbonyl (C=O) groups is 1. The molecule has 2 aromatic carbocycles. The number of benzene rings is 2. The van der Waals surface area contributed by atoms with Crippen LogP contribution < -0.4 is 15.0 Å². The van der Waals surface area contributed by atoms with Crippen LogP contribution in [0.4, 0.5) is 11.4 Å². The Hall–Kier alpha value is -2.58. The summed E-state index contributed by atoms with van der Waals surface area (Å²) in [6.07, 6.45) is 1.23. The van der Waals surface area contributed by atoms with E-state index < -0.39 is 10.0 Å². The number of ether oxygens (including phenoxy) is 1. The Labute approximate surface area is 166 Å². The summed E-state index contributed by atoms with van der Waals surface area (Å²) in [5.74, 6) is 0.522. The van der Waals surface area contributed by atoms with E-state index in [1.165, 1.54) is 10.6 Å². The Kier molecular flexibility index (Phi) is 6.21. The van der Waals surface area contributed by atoms with Crippen LogP contribution in [0.5, 0.6) is 5.75 Å². The van der Waals surface area contributed by atoms with Crippen molar-refractivity contribution in [3.8, 4) is 5.75 Å². The Bertz CT molecular complexity index is 921. The number of amides is 1. The number of anilines is 2. The molecule has 0 unspecified atom stereocenters. The Balaban J connectivity index is 1.71. The van der Waals surface area contributed by atoms with E-state index in [0.717, 1.165) is 11.4 Å². The topological polar surface area (TPSA) is 79.0 Å². The summed E-state index contributed by atoms with van der Waals surface area (Å²) in [5, 5.41) is 2.96. The average Bonchev–Trinajstić information content (AvgIpc) is 2.69. The van der Waals surface area contributed by atoms with E-state index in [1.807, 2.05) is 31.2 Å². The molecule has 0 saturated carbocycles. The average molecular weight is 404 g/mol. The highest BCUT2D eigenvalue weighted by Gasteiger charge is 2.24. The van der Waals surface area contributed by atoms with Crippen LogP contribution in [0, 0.1) is 0 Å². The first-order valence-corrected chi connectivity index (χ1v) is 11.1. The van der Waals surface area contributed by atoms with Gasteiger partial charge >= 0.3 is 0 Å². The first-order chi connectivity index (χ1) is 13.4. The van der Waals surface area contributed by atoms with Crippen molar-refractivity contribution >= 4 is 27.3 Å². The summed E-state index contributed by atoms with van der Waals surface area (Å²) in [7, 11) is -3.18. The maximum atomic E-state index is 12.6. The largest absolute Gasteiger partial charge is 0.494 e. The number of nitrogens with zero attached hydrogens (tertiary/aromatic N) is 2. The minimum absolute atomic E-state index is 0.203. The molecular formula is C20H25N3O4S. The molecule has 1 aliphatic heterocycles. The second kappa shape index (κ2) is 8.62. The fraction of sp³-hybridized carbons (Fsp3) is 0.350. The van der Waals surface area contributed by atoms with Crippen LogP contribution in [0.3, 0.4) is 0 Å². The van der Waals surface area contributed by atoms with Crippen LogP contribution in [-0.4, -0.2) is 57.7 Å². The third kappa shape index (κ3) is 4.82. The lowest BCUT2D eigenvalue weighted by Gasteiger charge is -2.35. The van der Waals surface area contributed by atoms with E-state index in [2.05, 4.69) is 10.2 Å². The van der Waals surface area contributed by atoms with E-state index in [9.17, 15) is 13.2 Å². The van der Waals surface area contributed by atoms with E-state index >= 15 is 0 Å². The van der Waals surface area contributed by atoms with Gasteiger partial charge in [-0.1, -0.05) is 12.1 Å². The Morgan fingerprint density at radius 3 is 2.29 bits per heavy atom. The molecular weight excluding hydrogens is 378 g/mol. The molecule has 0 aliphatic carbocycles. The quantitative estimate of drug-likeness (QED) is 0.801. The van der Waals surface area contributed by atoms with Gasteiger partial charge in [0.05, 0.1) is 24.2 Å². The smallest absolute Gasteiger partial charge is 0.255 e. The van der Waals surface area contributed by atoms with Crippen LogP contribution in [0.15, 0.2) is 48.5 Å². The van der Waals surface area contributed by atoms with Gasteiger partial charge in [0.2, 0.25) is 10.0 Å². The second-order valence-corrected chi connectivity index (χ2v) is 8.56. The van der Waals surface area contributed by atoms with Crippen molar-refractivity contribution < 1.29 is 17.9 Å². The standard InChI is InChI=1S/C20H25N3O4S/c1-3-27-17-10-8-16(9-11-17)20(24)21-18-6-4-5-7-19(18)22-12-14-23(15-13-22)28(2,25)26/h4-11H,3,12-15H2,1-2H3,(H,21,24). The van der Waals surface area contributed by atoms with Gasteiger partial charge in [0.15, 0.2) is 0 Å². The summed E-state index contributed by atoms with van der Waals surface area (Å²) in [4.78, 5) is 14.7. The monoisotopic (exact) mass is 403 g/mol. The van der Waals surface area contributed by atoms with Gasteiger partial charge in [-0.2, -0.15) is 4.31 Å². The molecule has 1 heterocycles. The van der Waals surface area contributed by atoms with E-state index in [4.69, 9.17) is 4.74 Å². The van der Waals surface area contributed by atoms with E-state index in [0.29, 0.717) is 44.0 Å². The van der Waals surface area contributed by atoms with Gasteiger partial charge in [-0.05, 0) is 43.3 Å². The second-order valence-electron chi connectivity index (χ2n) is 6.58. The molecule has 0 radical (unpaired) electrons. The highest BCUT2D eigenvalue weighted by atomic mass is 32.2. The molecule has 0 spiro atoms. The van der Waals surface area contributed by atoms with Crippen LogP contribution in [0.2, 0.25) is 0 Å². The van der Waals surface area contributed by atoms with Gasteiger partial charge in [0.1, 0.15) is 5.75 Å². The minimum Gasteiger partial charge on any atom is -0.494 e. The Morgan fingerprint density at radius 2 is 1.68 bits per heavy atom. The molecule has 1 N–H and O–H groups in total. The van der Waals surface area contributed by atoms with Crippen molar-refractivity contribution in [2.45, 2.75) is 6.92 Å². The molecule has 1 aliphatic rings. The van der Waals surface area contributed by atoms with Crippen LogP contribution in [0.25, 0.3) is 0 Å². The molecule has 7 nitrogen and oxygen atoms in total. The van der Waals surface area contributed by atoms with Crippen molar-refractivity contribution in [1.82, 2.24) is 4.31 Å². The first kappa shape index (κ1) is 20.2. The SMILES string of the molecule is CCOc1ccc(C(=O)Nc2ccccc2N2CCN(S(C)(=O)=O)CC2)cc1. The number of hydrogen-bond acceptors (Lipinski definition) is 5. The van der Waals surface area contributed by atoms with Crippen molar-refractivity contribution in [2.24, 2.45) is 0 Å². The zero-order valence-corrected chi connectivity index (χ0v) is 16.9. The molecule has 1 amide bonds. The van der Waals surface area contributed by atoms with Gasteiger partial charge in [0, 0.05) is 31.7 Å². The molecule has 28 heavy (non-hydrogen) atoms. The van der Waals surface area contributed by atoms with Gasteiger partial charge in [-0.25, -0.2) is 8.42 Å². The zero-order chi connectivity index (χ0) is 20.1. The number of rotatable bonds is 6. The van der Waals surface area contributed by atoms with Crippen LogP contribution in [-0.2, 0) is 10.0 Å². The van der Waals surface area contributed by atoms with Crippen molar-refractivity contribution in [1.29, 1.82) is 0 Å². The van der Waals surface area contributed by atoms with Crippen molar-refractivity contribution in [3.05, 3.63) is 54.1 Å². The summed E-state index contributed by atoms with van der Waals surface area (Å²) in [6, 6.07) is 14.6. The number of sulfonamides is 1. The van der Waals surface area contributed by atoms with Gasteiger partial charge in [-0.3, -0.25) is 4.79 Å². The predicted molar refractivity (Wildman–Crippen MR) is 111 cm³/mol. The number of piperazine rings is 1. The van der Waals surface area contributed by atoms with Gasteiger partial charge in [-0.15, -0.1) is 0 Å². The van der Waals surface area contributed by atoms with Crippen molar-refractivity contribution in [3.63, 3.8) is 0 Å². The van der Waals surface area contributed by atoms with Gasteiger partial charge in [0.25, 0.3) is 5.91 Å². The molecule has 150 valence electrons. The fourth-order valence-electron chi connectivity index (χ4n) is 3.18. The molecule has 0 bridgehead atoms. The lowest BCUT2D eigenvalue weighted by molar-refractivity contribution is 0.102. The normalized spacial score (nSPS) is 15.3. The third-order valence-corrected chi connectivity index (χ3v) is 5.93. The predicted octanol–water partition coefficient (Wildman–Crippen LogP) is 2.42. The van der Waals surface area contributed by atoms with E-state index in [1.54, 1.807) is 24.3 Å². The molecule has 8 heteroatoms. The number of nitrogens with one attached hydrogen (secondary N) is 1. The third-order valence-electron chi connectivity index (χ3n) is 4.63. The summed E-state index contributed by atoms with van der Waals surface area (Å²) in [6.45, 7) is 4.49. The number of carbonyl (C=O) groups excluding carboxylic acids is 1. The maximum Gasteiger partial charge on any atom is 0.255 e. The summed E-state index contributed by atoms with van der Waals surface area (Å²) < 4.78 is 30.3. The summed E-state index contributed by atoms with van der Waals surface area (Å²) >= 11 is 0. The highest BCUT2D eigenvalue weighted by molar-refractivity contribution is 7.88. The fourth-order valence-corrected chi connectivity index (χ4v) is 4.01. The first-order valence-electron chi connectivity index (χ1n) is 9.22. The van der Waals surface area contributed by atoms with Crippen molar-refractivity contribution in [2.75, 3.05) is 49.3 Å². The molecule has 1 fully saturated rings.